The SMILES string of the molecule is COc1ccc(C(=O)COc2cc(F)ccc2F)cc1Cl. The second-order valence-corrected chi connectivity index (χ2v) is 4.54. The highest BCUT2D eigenvalue weighted by Gasteiger charge is 2.12. The van der Waals surface area contributed by atoms with Crippen molar-refractivity contribution in [3.63, 3.8) is 0 Å². The van der Waals surface area contributed by atoms with Gasteiger partial charge in [0.25, 0.3) is 0 Å². The summed E-state index contributed by atoms with van der Waals surface area (Å²) in [6.07, 6.45) is 0. The van der Waals surface area contributed by atoms with Crippen LogP contribution in [-0.2, 0) is 0 Å². The smallest absolute Gasteiger partial charge is 0.200 e. The molecular weight excluding hydrogens is 302 g/mol. The Hall–Kier alpha value is -2.14. The van der Waals surface area contributed by atoms with Gasteiger partial charge < -0.3 is 9.47 Å². The number of hydrogen-bond acceptors (Lipinski definition) is 3. The van der Waals surface area contributed by atoms with Crippen molar-refractivity contribution in [1.29, 1.82) is 0 Å². The number of Topliss-reactive ketones (excluding diaryl/α,β-unsaturated/α-hetero) is 1. The third-order valence-electron chi connectivity index (χ3n) is 2.73. The maximum atomic E-state index is 13.3. The van der Waals surface area contributed by atoms with Crippen LogP contribution in [0, 0.1) is 11.6 Å². The van der Waals surface area contributed by atoms with Crippen LogP contribution >= 0.6 is 11.6 Å². The van der Waals surface area contributed by atoms with Crippen LogP contribution in [0.4, 0.5) is 8.78 Å². The Kier molecular flexibility index (Phi) is 4.75. The lowest BCUT2D eigenvalue weighted by Gasteiger charge is -2.08. The van der Waals surface area contributed by atoms with E-state index in [1.54, 1.807) is 6.07 Å². The van der Waals surface area contributed by atoms with Gasteiger partial charge in [-0.25, -0.2) is 8.78 Å². The van der Waals surface area contributed by atoms with E-state index in [4.69, 9.17) is 21.1 Å². The highest BCUT2D eigenvalue weighted by atomic mass is 35.5. The number of halogens is 3. The van der Waals surface area contributed by atoms with Crippen molar-refractivity contribution in [1.82, 2.24) is 0 Å². The van der Waals surface area contributed by atoms with Crippen molar-refractivity contribution < 1.29 is 23.0 Å². The van der Waals surface area contributed by atoms with E-state index in [2.05, 4.69) is 0 Å². The van der Waals surface area contributed by atoms with Crippen molar-refractivity contribution in [3.05, 3.63) is 58.6 Å². The van der Waals surface area contributed by atoms with E-state index in [0.29, 0.717) is 5.75 Å². The first-order valence-corrected chi connectivity index (χ1v) is 6.33. The van der Waals surface area contributed by atoms with Gasteiger partial charge in [-0.1, -0.05) is 11.6 Å². The third-order valence-corrected chi connectivity index (χ3v) is 3.02. The quantitative estimate of drug-likeness (QED) is 0.786. The van der Waals surface area contributed by atoms with Crippen LogP contribution in [-0.4, -0.2) is 19.5 Å². The van der Waals surface area contributed by atoms with Gasteiger partial charge in [-0.15, -0.1) is 0 Å². The highest BCUT2D eigenvalue weighted by molar-refractivity contribution is 6.32. The first-order chi connectivity index (χ1) is 10.0. The Morgan fingerprint density at radius 3 is 2.57 bits per heavy atom. The molecule has 0 atom stereocenters. The molecule has 0 radical (unpaired) electrons. The van der Waals surface area contributed by atoms with Crippen LogP contribution in [0.3, 0.4) is 0 Å². The van der Waals surface area contributed by atoms with Gasteiger partial charge in [0.1, 0.15) is 11.6 Å². The van der Waals surface area contributed by atoms with Crippen molar-refractivity contribution in [2.24, 2.45) is 0 Å². The van der Waals surface area contributed by atoms with Gasteiger partial charge >= 0.3 is 0 Å². The number of ketones is 1. The van der Waals surface area contributed by atoms with Gasteiger partial charge in [-0.2, -0.15) is 0 Å². The van der Waals surface area contributed by atoms with Crippen molar-refractivity contribution in [3.8, 4) is 11.5 Å². The standard InChI is InChI=1S/C15H11ClF2O3/c1-20-14-5-2-9(6-11(14)16)13(19)8-21-15-7-10(17)3-4-12(15)18/h2-7H,8H2,1H3. The van der Waals surface area contributed by atoms with Crippen molar-refractivity contribution in [2.45, 2.75) is 0 Å². The molecule has 0 aliphatic carbocycles. The van der Waals surface area contributed by atoms with Gasteiger partial charge in [-0.3, -0.25) is 4.79 Å². The van der Waals surface area contributed by atoms with Gasteiger partial charge in [0.15, 0.2) is 24.0 Å². The van der Waals surface area contributed by atoms with E-state index in [1.807, 2.05) is 0 Å². The average molecular weight is 313 g/mol. The zero-order chi connectivity index (χ0) is 15.4. The van der Waals surface area contributed by atoms with E-state index in [0.717, 1.165) is 18.2 Å². The molecule has 0 saturated carbocycles. The van der Waals surface area contributed by atoms with Crippen LogP contribution in [0.15, 0.2) is 36.4 Å². The molecule has 21 heavy (non-hydrogen) atoms. The van der Waals surface area contributed by atoms with Gasteiger partial charge in [0.05, 0.1) is 12.1 Å². The lowest BCUT2D eigenvalue weighted by molar-refractivity contribution is 0.0918. The summed E-state index contributed by atoms with van der Waals surface area (Å²) in [6, 6.07) is 7.25. The summed E-state index contributed by atoms with van der Waals surface area (Å²) in [5, 5.41) is 0.278. The predicted octanol–water partition coefficient (Wildman–Crippen LogP) is 3.89. The van der Waals surface area contributed by atoms with Gasteiger partial charge in [0, 0.05) is 11.6 Å². The molecule has 6 heteroatoms. The fourth-order valence-corrected chi connectivity index (χ4v) is 1.91. The van der Waals surface area contributed by atoms with Gasteiger partial charge in [0.2, 0.25) is 0 Å². The second kappa shape index (κ2) is 6.54. The molecule has 0 fully saturated rings. The first kappa shape index (κ1) is 15.3. The molecule has 0 aliphatic heterocycles. The Bertz CT molecular complexity index is 674. The minimum atomic E-state index is -0.739. The number of hydrogen-bond donors (Lipinski definition) is 0. The molecule has 110 valence electrons. The summed E-state index contributed by atoms with van der Waals surface area (Å²) < 4.78 is 36.3. The molecule has 0 heterocycles. The highest BCUT2D eigenvalue weighted by Crippen LogP contribution is 2.25. The second-order valence-electron chi connectivity index (χ2n) is 4.14. The number of rotatable bonds is 5. The molecular formula is C15H11ClF2O3. The monoisotopic (exact) mass is 312 g/mol. The van der Waals surface area contributed by atoms with Crippen molar-refractivity contribution >= 4 is 17.4 Å². The van der Waals surface area contributed by atoms with Crippen LogP contribution in [0.2, 0.25) is 5.02 Å². The molecule has 0 aromatic heterocycles. The van der Waals surface area contributed by atoms with Gasteiger partial charge in [-0.05, 0) is 30.3 Å². The Morgan fingerprint density at radius 2 is 1.90 bits per heavy atom. The molecule has 0 spiro atoms. The minimum Gasteiger partial charge on any atom is -0.495 e. The van der Waals surface area contributed by atoms with E-state index in [9.17, 15) is 13.6 Å². The molecule has 2 rings (SSSR count). The summed E-state index contributed by atoms with van der Waals surface area (Å²) in [4.78, 5) is 11.9. The normalized spacial score (nSPS) is 10.3. The van der Waals surface area contributed by atoms with Crippen LogP contribution in [0.5, 0.6) is 11.5 Å². The maximum absolute atomic E-state index is 13.3. The Balaban J connectivity index is 2.08. The molecule has 0 aliphatic rings. The Labute approximate surface area is 125 Å². The fraction of sp³-hybridized carbons (Fsp3) is 0.133. The van der Waals surface area contributed by atoms with Crippen LogP contribution < -0.4 is 9.47 Å². The minimum absolute atomic E-state index is 0.278. The maximum Gasteiger partial charge on any atom is 0.200 e. The summed E-state index contributed by atoms with van der Waals surface area (Å²) in [6.45, 7) is -0.428. The summed E-state index contributed by atoms with van der Waals surface area (Å²) >= 11 is 5.91. The molecule has 0 amide bonds. The van der Waals surface area contributed by atoms with Crippen LogP contribution in [0.1, 0.15) is 10.4 Å². The molecule has 0 bridgehead atoms. The number of ether oxygens (including phenoxy) is 2. The first-order valence-electron chi connectivity index (χ1n) is 5.96. The lowest BCUT2D eigenvalue weighted by atomic mass is 10.1. The fourth-order valence-electron chi connectivity index (χ4n) is 1.65. The third kappa shape index (κ3) is 3.70. The molecule has 2 aromatic rings. The summed E-state index contributed by atoms with van der Waals surface area (Å²) in [5.74, 6) is -1.68. The predicted molar refractivity (Wildman–Crippen MR) is 74.2 cm³/mol. The average Bonchev–Trinajstić information content (AvgIpc) is 2.47. The van der Waals surface area contributed by atoms with E-state index in [-0.39, 0.29) is 16.3 Å². The summed E-state index contributed by atoms with van der Waals surface area (Å²) in [7, 11) is 1.46. The largest absolute Gasteiger partial charge is 0.495 e. The molecule has 0 N–H and O–H groups in total. The number of benzene rings is 2. The molecule has 0 unspecified atom stereocenters. The molecule has 3 nitrogen and oxygen atoms in total. The van der Waals surface area contributed by atoms with E-state index < -0.39 is 24.0 Å². The van der Waals surface area contributed by atoms with Crippen molar-refractivity contribution in [2.75, 3.05) is 13.7 Å². The van der Waals surface area contributed by atoms with E-state index in [1.165, 1.54) is 19.2 Å². The topological polar surface area (TPSA) is 35.5 Å². The number of methoxy groups -OCH3 is 1. The van der Waals surface area contributed by atoms with Crippen LogP contribution in [0.25, 0.3) is 0 Å². The zero-order valence-electron chi connectivity index (χ0n) is 11.0. The number of carbonyl (C=O) groups excluding carboxylic acids is 1. The molecule has 0 saturated heterocycles. The molecule has 2 aromatic carbocycles. The Morgan fingerprint density at radius 1 is 1.14 bits per heavy atom. The zero-order valence-corrected chi connectivity index (χ0v) is 11.8. The summed E-state index contributed by atoms with van der Waals surface area (Å²) in [5.41, 5.74) is 0.289. The van der Waals surface area contributed by atoms with E-state index >= 15 is 0 Å². The lowest BCUT2D eigenvalue weighted by Crippen LogP contribution is -2.12. The number of carbonyl (C=O) groups is 1.